The zero-order valence-corrected chi connectivity index (χ0v) is 15.8. The smallest absolute Gasteiger partial charge is 0.305 e. The van der Waals surface area contributed by atoms with E-state index in [9.17, 15) is 14.4 Å². The van der Waals surface area contributed by atoms with Gasteiger partial charge in [-0.15, -0.1) is 0 Å². The average molecular weight is 369 g/mol. The second-order valence-corrected chi connectivity index (χ2v) is 6.77. The van der Waals surface area contributed by atoms with Crippen LogP contribution in [0.15, 0.2) is 0 Å². The molecule has 0 aromatic carbocycles. The Morgan fingerprint density at radius 3 is 2.08 bits per heavy atom. The number of aliphatic carboxylic acids is 1. The number of carbonyl (C=O) groups is 3. The minimum atomic E-state index is -1.17. The Bertz CT molecular complexity index is 480. The van der Waals surface area contributed by atoms with Gasteiger partial charge < -0.3 is 21.9 Å². The van der Waals surface area contributed by atoms with Crippen LogP contribution in [0.4, 0.5) is 0 Å². The Morgan fingerprint density at radius 2 is 1.58 bits per heavy atom. The first-order valence-electron chi connectivity index (χ1n) is 9.16. The molecule has 0 aliphatic carbocycles. The molecule has 0 unspecified atom stereocenters. The quantitative estimate of drug-likeness (QED) is 0.126. The lowest BCUT2D eigenvalue weighted by atomic mass is 9.82. The SMILES string of the molecule is CC(C)[C](C(=O)CCCCCCCCNC(=N)N)C(=O)[C@@H](N)CC(=O)O. The third-order valence-corrected chi connectivity index (χ3v) is 4.02. The summed E-state index contributed by atoms with van der Waals surface area (Å²) in [6, 6.07) is -1.17. The molecule has 0 spiro atoms. The molecule has 0 aliphatic heterocycles. The summed E-state index contributed by atoms with van der Waals surface area (Å²) < 4.78 is 0. The summed E-state index contributed by atoms with van der Waals surface area (Å²) in [6.45, 7) is 4.18. The molecule has 0 aromatic heterocycles. The van der Waals surface area contributed by atoms with Gasteiger partial charge in [0.05, 0.1) is 12.5 Å². The van der Waals surface area contributed by atoms with Crippen molar-refractivity contribution >= 4 is 23.5 Å². The number of carbonyl (C=O) groups excluding carboxylic acids is 2. The van der Waals surface area contributed by atoms with Crippen molar-refractivity contribution in [1.82, 2.24) is 5.32 Å². The number of Topliss-reactive ketones (excluding diaryl/α,β-unsaturated/α-hetero) is 2. The van der Waals surface area contributed by atoms with Crippen LogP contribution in [-0.2, 0) is 14.4 Å². The van der Waals surface area contributed by atoms with E-state index in [0.717, 1.165) is 32.1 Å². The molecular weight excluding hydrogens is 336 g/mol. The van der Waals surface area contributed by atoms with E-state index < -0.39 is 24.2 Å². The van der Waals surface area contributed by atoms with Crippen LogP contribution in [0.25, 0.3) is 0 Å². The highest BCUT2D eigenvalue weighted by molar-refractivity contribution is 6.18. The number of carboxylic acids is 1. The third kappa shape index (κ3) is 10.8. The predicted octanol–water partition coefficient (Wildman–Crippen LogP) is 1.37. The molecule has 0 bridgehead atoms. The molecule has 0 heterocycles. The summed E-state index contributed by atoms with van der Waals surface area (Å²) in [5, 5.41) is 18.5. The zero-order valence-electron chi connectivity index (χ0n) is 15.8. The topological polar surface area (TPSA) is 159 Å². The maximum Gasteiger partial charge on any atom is 0.305 e. The van der Waals surface area contributed by atoms with Crippen LogP contribution in [0.2, 0.25) is 0 Å². The number of nitrogens with one attached hydrogen (secondary N) is 2. The standard InChI is InChI=1S/C18H33N4O4/c1-12(2)16(17(26)13(19)11-15(24)25)14(23)9-7-5-3-4-6-8-10-22-18(20)21/h12-13H,3-11,19H2,1-2H3,(H,24,25)(H4,20,21,22)/t13-/m0/s1. The monoisotopic (exact) mass is 369 g/mol. The fourth-order valence-electron chi connectivity index (χ4n) is 2.70. The number of carboxylic acid groups (broad SMARTS) is 1. The van der Waals surface area contributed by atoms with Gasteiger partial charge in [0.1, 0.15) is 11.7 Å². The highest BCUT2D eigenvalue weighted by Crippen LogP contribution is 2.21. The number of hydrogen-bond donors (Lipinski definition) is 5. The fourth-order valence-corrected chi connectivity index (χ4v) is 2.70. The average Bonchev–Trinajstić information content (AvgIpc) is 2.51. The molecular formula is C18H33N4O4. The van der Waals surface area contributed by atoms with E-state index in [1.54, 1.807) is 13.8 Å². The van der Waals surface area contributed by atoms with Crippen LogP contribution >= 0.6 is 0 Å². The largest absolute Gasteiger partial charge is 0.481 e. The molecule has 149 valence electrons. The summed E-state index contributed by atoms with van der Waals surface area (Å²) in [6.07, 6.45) is 5.41. The van der Waals surface area contributed by atoms with Crippen LogP contribution in [0.1, 0.15) is 65.2 Å². The number of unbranched alkanes of at least 4 members (excludes halogenated alkanes) is 5. The van der Waals surface area contributed by atoms with E-state index in [0.29, 0.717) is 13.0 Å². The van der Waals surface area contributed by atoms with E-state index in [1.807, 2.05) is 0 Å². The maximum atomic E-state index is 12.4. The van der Waals surface area contributed by atoms with Crippen LogP contribution in [0.5, 0.6) is 0 Å². The number of nitrogens with two attached hydrogens (primary N) is 2. The molecule has 8 heteroatoms. The second-order valence-electron chi connectivity index (χ2n) is 6.77. The minimum absolute atomic E-state index is 0.0154. The lowest BCUT2D eigenvalue weighted by molar-refractivity contribution is -0.139. The maximum absolute atomic E-state index is 12.4. The third-order valence-electron chi connectivity index (χ3n) is 4.02. The van der Waals surface area contributed by atoms with Gasteiger partial charge in [-0.3, -0.25) is 19.8 Å². The van der Waals surface area contributed by atoms with E-state index in [1.165, 1.54) is 0 Å². The molecule has 0 aliphatic rings. The van der Waals surface area contributed by atoms with Gasteiger partial charge >= 0.3 is 5.97 Å². The van der Waals surface area contributed by atoms with E-state index >= 15 is 0 Å². The van der Waals surface area contributed by atoms with Crippen molar-refractivity contribution in [3.8, 4) is 0 Å². The molecule has 0 aromatic rings. The van der Waals surface area contributed by atoms with Gasteiger partial charge in [0.15, 0.2) is 11.7 Å². The molecule has 8 nitrogen and oxygen atoms in total. The summed E-state index contributed by atoms with van der Waals surface area (Å²) in [5.74, 6) is -2.09. The second kappa shape index (κ2) is 13.3. The van der Waals surface area contributed by atoms with Gasteiger partial charge in [0, 0.05) is 13.0 Å². The van der Waals surface area contributed by atoms with E-state index in [2.05, 4.69) is 5.32 Å². The van der Waals surface area contributed by atoms with Crippen molar-refractivity contribution in [2.75, 3.05) is 6.54 Å². The predicted molar refractivity (Wildman–Crippen MR) is 101 cm³/mol. The molecule has 0 fully saturated rings. The van der Waals surface area contributed by atoms with Crippen molar-refractivity contribution in [3.05, 3.63) is 5.92 Å². The normalized spacial score (nSPS) is 12.2. The zero-order chi connectivity index (χ0) is 20.1. The molecule has 0 saturated carbocycles. The van der Waals surface area contributed by atoms with Gasteiger partial charge in [-0.2, -0.15) is 0 Å². The summed E-state index contributed by atoms with van der Waals surface area (Å²) >= 11 is 0. The lowest BCUT2D eigenvalue weighted by Gasteiger charge is -2.20. The Labute approximate surface area is 155 Å². The molecule has 0 rings (SSSR count). The van der Waals surface area contributed by atoms with Crippen LogP contribution < -0.4 is 16.8 Å². The number of rotatable bonds is 15. The molecule has 1 atom stereocenters. The molecule has 26 heavy (non-hydrogen) atoms. The first-order valence-corrected chi connectivity index (χ1v) is 9.16. The van der Waals surface area contributed by atoms with Gasteiger partial charge in [-0.25, -0.2) is 0 Å². The molecule has 0 amide bonds. The minimum Gasteiger partial charge on any atom is -0.481 e. The molecule has 0 saturated heterocycles. The Hall–Kier alpha value is -1.96. The Balaban J connectivity index is 4.11. The van der Waals surface area contributed by atoms with Crippen LogP contribution in [0, 0.1) is 17.2 Å². The van der Waals surface area contributed by atoms with E-state index in [4.69, 9.17) is 22.0 Å². The number of guanidine groups is 1. The highest BCUT2D eigenvalue weighted by atomic mass is 16.4. The van der Waals surface area contributed by atoms with Crippen molar-refractivity contribution in [3.63, 3.8) is 0 Å². The Morgan fingerprint density at radius 1 is 1.04 bits per heavy atom. The summed E-state index contributed by atoms with van der Waals surface area (Å²) in [4.78, 5) is 35.3. The van der Waals surface area contributed by atoms with E-state index in [-0.39, 0.29) is 30.0 Å². The van der Waals surface area contributed by atoms with Gasteiger partial charge in [-0.1, -0.05) is 39.5 Å². The van der Waals surface area contributed by atoms with Gasteiger partial charge in [0.2, 0.25) is 0 Å². The summed E-state index contributed by atoms with van der Waals surface area (Å²) in [5.41, 5.74) is 10.8. The van der Waals surface area contributed by atoms with Crippen molar-refractivity contribution in [1.29, 1.82) is 5.41 Å². The number of hydrogen-bond acceptors (Lipinski definition) is 5. The first-order chi connectivity index (χ1) is 12.2. The van der Waals surface area contributed by atoms with Crippen LogP contribution in [-0.4, -0.2) is 41.2 Å². The summed E-state index contributed by atoms with van der Waals surface area (Å²) in [7, 11) is 0. The van der Waals surface area contributed by atoms with Gasteiger partial charge in [0.25, 0.3) is 0 Å². The Kier molecular flexibility index (Phi) is 12.3. The molecule has 1 radical (unpaired) electrons. The number of ketones is 2. The van der Waals surface area contributed by atoms with Crippen molar-refractivity contribution in [2.24, 2.45) is 17.4 Å². The van der Waals surface area contributed by atoms with Crippen LogP contribution in [0.3, 0.4) is 0 Å². The fraction of sp³-hybridized carbons (Fsp3) is 0.722. The van der Waals surface area contributed by atoms with Crippen molar-refractivity contribution < 1.29 is 19.5 Å². The van der Waals surface area contributed by atoms with Crippen molar-refractivity contribution in [2.45, 2.75) is 71.3 Å². The van der Waals surface area contributed by atoms with Gasteiger partial charge in [-0.05, 0) is 18.8 Å². The lowest BCUT2D eigenvalue weighted by Crippen LogP contribution is -2.41. The first kappa shape index (κ1) is 24.0. The molecule has 7 N–H and O–H groups in total. The highest BCUT2D eigenvalue weighted by Gasteiger charge is 2.34.